The summed E-state index contributed by atoms with van der Waals surface area (Å²) in [6.07, 6.45) is 31.3. The Labute approximate surface area is 342 Å². The molecule has 6 N–H and O–H groups in total. The second kappa shape index (κ2) is 34.6. The molecule has 1 aliphatic rings. The molecule has 1 rings (SSSR count). The summed E-state index contributed by atoms with van der Waals surface area (Å²) in [5, 5.41) is 50.0. The highest BCUT2D eigenvalue weighted by Crippen LogP contribution is 2.47. The number of rotatable bonds is 34. The molecule has 0 aromatic rings. The van der Waals surface area contributed by atoms with Crippen molar-refractivity contribution in [3.05, 3.63) is 72.9 Å². The van der Waals surface area contributed by atoms with Gasteiger partial charge in [-0.1, -0.05) is 151 Å². The second-order valence-electron chi connectivity index (χ2n) is 14.5. The number of carbonyl (C=O) groups is 1. The molecular weight excluding hydrogens is 751 g/mol. The van der Waals surface area contributed by atoms with Gasteiger partial charge in [0.15, 0.2) is 0 Å². The lowest BCUT2D eigenvalue weighted by Gasteiger charge is -2.41. The Hall–Kier alpha value is -2.22. The minimum atomic E-state index is -5.03. The number of hydrogen-bond acceptors (Lipinski definition) is 11. The Balaban J connectivity index is 2.49. The van der Waals surface area contributed by atoms with E-state index in [0.717, 1.165) is 57.8 Å². The number of aliphatic hydroxyl groups is 5. The highest BCUT2D eigenvalue weighted by molar-refractivity contribution is 7.47. The molecule has 13 heteroatoms. The first kappa shape index (κ1) is 52.8. The predicted molar refractivity (Wildman–Crippen MR) is 225 cm³/mol. The first-order valence-corrected chi connectivity index (χ1v) is 22.8. The average Bonchev–Trinajstić information content (AvgIpc) is 3.19. The third-order valence-corrected chi connectivity index (χ3v) is 10.3. The molecule has 0 aliphatic heterocycles. The van der Waals surface area contributed by atoms with Crippen LogP contribution in [0.15, 0.2) is 72.9 Å². The zero-order chi connectivity index (χ0) is 42.0. The topological polar surface area (TPSA) is 192 Å². The minimum absolute atomic E-state index is 0.0586. The number of unbranched alkanes of at least 4 members (excludes halogenated alkanes) is 10. The van der Waals surface area contributed by atoms with E-state index in [-0.39, 0.29) is 13.0 Å². The Bertz CT molecular complexity index is 1220. The molecule has 0 heterocycles. The summed E-state index contributed by atoms with van der Waals surface area (Å²) in [7, 11) is -5.03. The molecule has 6 unspecified atom stereocenters. The fourth-order valence-electron chi connectivity index (χ4n) is 5.97. The highest BCUT2D eigenvalue weighted by atomic mass is 31.2. The first-order valence-electron chi connectivity index (χ1n) is 21.3. The maximum absolute atomic E-state index is 12.8. The van der Waals surface area contributed by atoms with Crippen LogP contribution in [0, 0.1) is 0 Å². The maximum atomic E-state index is 12.8. The number of phosphoric ester groups is 1. The lowest BCUT2D eigenvalue weighted by atomic mass is 9.85. The van der Waals surface area contributed by atoms with Crippen LogP contribution in [-0.4, -0.2) is 98.9 Å². The van der Waals surface area contributed by atoms with Crippen molar-refractivity contribution in [2.75, 3.05) is 19.8 Å². The summed E-state index contributed by atoms with van der Waals surface area (Å²) in [4.78, 5) is 23.0. The summed E-state index contributed by atoms with van der Waals surface area (Å²) in [6.45, 7) is 4.03. The molecule has 0 aromatic heterocycles. The molecule has 6 atom stereocenters. The van der Waals surface area contributed by atoms with Crippen molar-refractivity contribution in [3.8, 4) is 0 Å². The average molecular weight is 827 g/mol. The van der Waals surface area contributed by atoms with Crippen molar-refractivity contribution >= 4 is 13.8 Å². The number of phosphoric acid groups is 1. The van der Waals surface area contributed by atoms with Gasteiger partial charge in [-0.2, -0.15) is 0 Å². The van der Waals surface area contributed by atoms with E-state index in [1.165, 1.54) is 51.4 Å². The molecule has 0 bridgehead atoms. The third kappa shape index (κ3) is 27.2. The van der Waals surface area contributed by atoms with E-state index in [4.69, 9.17) is 18.5 Å². The molecule has 328 valence electrons. The molecule has 1 saturated carbocycles. The summed E-state index contributed by atoms with van der Waals surface area (Å²) in [6, 6.07) is 0. The van der Waals surface area contributed by atoms with Gasteiger partial charge in [0, 0.05) is 13.0 Å². The van der Waals surface area contributed by atoms with Crippen molar-refractivity contribution < 1.29 is 58.3 Å². The van der Waals surface area contributed by atoms with Gasteiger partial charge in [-0.25, -0.2) is 4.57 Å². The van der Waals surface area contributed by atoms with Gasteiger partial charge in [-0.15, -0.1) is 0 Å². The van der Waals surface area contributed by atoms with Crippen LogP contribution < -0.4 is 0 Å². The van der Waals surface area contributed by atoms with Crippen LogP contribution in [0.2, 0.25) is 0 Å². The summed E-state index contributed by atoms with van der Waals surface area (Å²) < 4.78 is 34.0. The molecule has 0 saturated heterocycles. The number of aliphatic hydroxyl groups excluding tert-OH is 5. The van der Waals surface area contributed by atoms with Crippen molar-refractivity contribution in [2.45, 2.75) is 179 Å². The predicted octanol–water partition coefficient (Wildman–Crippen LogP) is 8.02. The number of esters is 1. The number of allylic oxidation sites excluding steroid dienone is 12. The summed E-state index contributed by atoms with van der Waals surface area (Å²) >= 11 is 0. The van der Waals surface area contributed by atoms with Crippen molar-refractivity contribution in [1.82, 2.24) is 0 Å². The van der Waals surface area contributed by atoms with Gasteiger partial charge in [-0.3, -0.25) is 13.8 Å². The highest BCUT2D eigenvalue weighted by Gasteiger charge is 2.51. The standard InChI is InChI=1S/C44H75O12P/c1-3-5-7-9-11-13-15-16-17-18-19-20-21-22-23-25-27-29-31-33-38(45)55-37(35-53-34-32-30-28-26-24-14-12-10-8-6-4-2)36-54-57(51,52)56-44-42(49)40(47)39(46)41(48)43(44)50/h5,7,11,13,16-17,19-20,22-23,27,29,37,39-44,46-50H,3-4,6,8-10,12,14-15,18,21,24-26,28,30-36H2,1-2H3,(H,51,52)/b7-5-,13-11-,17-16-,20-19-,23-22-,29-27-. The molecule has 57 heavy (non-hydrogen) atoms. The zero-order valence-electron chi connectivity index (χ0n) is 34.6. The largest absolute Gasteiger partial charge is 0.472 e. The van der Waals surface area contributed by atoms with Gasteiger partial charge in [0.25, 0.3) is 0 Å². The molecule has 1 aliphatic carbocycles. The van der Waals surface area contributed by atoms with Crippen LogP contribution in [0.25, 0.3) is 0 Å². The van der Waals surface area contributed by atoms with E-state index in [0.29, 0.717) is 13.0 Å². The van der Waals surface area contributed by atoms with Gasteiger partial charge < -0.3 is 39.9 Å². The van der Waals surface area contributed by atoms with Crippen molar-refractivity contribution in [2.24, 2.45) is 0 Å². The molecule has 0 radical (unpaired) electrons. The lowest BCUT2D eigenvalue weighted by molar-refractivity contribution is -0.220. The Morgan fingerprint density at radius 2 is 1.00 bits per heavy atom. The van der Waals surface area contributed by atoms with Crippen molar-refractivity contribution in [3.63, 3.8) is 0 Å². The zero-order valence-corrected chi connectivity index (χ0v) is 35.5. The summed E-state index contributed by atoms with van der Waals surface area (Å²) in [5.74, 6) is -0.562. The lowest BCUT2D eigenvalue weighted by Crippen LogP contribution is -2.64. The van der Waals surface area contributed by atoms with Crippen LogP contribution in [0.4, 0.5) is 0 Å². The van der Waals surface area contributed by atoms with Gasteiger partial charge >= 0.3 is 13.8 Å². The fraction of sp³-hybridized carbons (Fsp3) is 0.705. The third-order valence-electron chi connectivity index (χ3n) is 9.36. The van der Waals surface area contributed by atoms with Crippen LogP contribution in [-0.2, 0) is 27.9 Å². The SMILES string of the molecule is CC/C=C\C/C=C\C/C=C\C/C=C\C/C=C\C/C=C\CCC(=O)OC(COCCCCCCCCCCCCC)COP(=O)(O)OC1C(O)C(O)C(O)C(O)C1O. The van der Waals surface area contributed by atoms with E-state index >= 15 is 0 Å². The van der Waals surface area contributed by atoms with Crippen molar-refractivity contribution in [1.29, 1.82) is 0 Å². The Kier molecular flexibility index (Phi) is 32.1. The smallest absolute Gasteiger partial charge is 0.457 e. The summed E-state index contributed by atoms with van der Waals surface area (Å²) in [5.41, 5.74) is 0. The molecule has 0 aromatic carbocycles. The van der Waals surface area contributed by atoms with E-state index in [1.54, 1.807) is 0 Å². The van der Waals surface area contributed by atoms with Gasteiger partial charge in [-0.05, 0) is 51.4 Å². The minimum Gasteiger partial charge on any atom is -0.457 e. The quantitative estimate of drug-likeness (QED) is 0.0159. The molecule has 0 spiro atoms. The normalized spacial score (nSPS) is 23.6. The monoisotopic (exact) mass is 826 g/mol. The Morgan fingerprint density at radius 3 is 1.47 bits per heavy atom. The second-order valence-corrected chi connectivity index (χ2v) is 15.9. The molecule has 1 fully saturated rings. The fourth-order valence-corrected chi connectivity index (χ4v) is 6.94. The number of hydrogen-bond donors (Lipinski definition) is 6. The molecular formula is C44H75O12P. The van der Waals surface area contributed by atoms with E-state index < -0.39 is 63.1 Å². The van der Waals surface area contributed by atoms with Crippen LogP contribution in [0.5, 0.6) is 0 Å². The first-order chi connectivity index (χ1) is 27.5. The van der Waals surface area contributed by atoms with E-state index in [9.17, 15) is 39.8 Å². The van der Waals surface area contributed by atoms with Gasteiger partial charge in [0.1, 0.15) is 42.7 Å². The van der Waals surface area contributed by atoms with Crippen LogP contribution in [0.3, 0.4) is 0 Å². The molecule has 12 nitrogen and oxygen atoms in total. The molecule has 0 amide bonds. The van der Waals surface area contributed by atoms with E-state index in [1.807, 2.05) is 12.2 Å². The number of ether oxygens (including phenoxy) is 2. The number of carbonyl (C=O) groups excluding carboxylic acids is 1. The van der Waals surface area contributed by atoms with Gasteiger partial charge in [0.05, 0.1) is 13.2 Å². The maximum Gasteiger partial charge on any atom is 0.472 e. The van der Waals surface area contributed by atoms with E-state index in [2.05, 4.69) is 74.6 Å². The van der Waals surface area contributed by atoms with Crippen LogP contribution in [0.1, 0.15) is 136 Å². The van der Waals surface area contributed by atoms with Gasteiger partial charge in [0.2, 0.25) is 0 Å². The van der Waals surface area contributed by atoms with Crippen LogP contribution >= 0.6 is 7.82 Å². The Morgan fingerprint density at radius 1 is 0.579 bits per heavy atom.